The van der Waals surface area contributed by atoms with Crippen molar-refractivity contribution in [2.75, 3.05) is 26.7 Å². The van der Waals surface area contributed by atoms with Gasteiger partial charge in [-0.05, 0) is 57.5 Å². The summed E-state index contributed by atoms with van der Waals surface area (Å²) in [5.41, 5.74) is 1.31. The molecule has 0 aliphatic carbocycles. The number of benzene rings is 1. The van der Waals surface area contributed by atoms with Crippen LogP contribution in [0.2, 0.25) is 0 Å². The van der Waals surface area contributed by atoms with E-state index in [2.05, 4.69) is 56.1 Å². The van der Waals surface area contributed by atoms with E-state index in [1.165, 1.54) is 12.0 Å². The summed E-state index contributed by atoms with van der Waals surface area (Å²) < 4.78 is 5.37. The smallest absolute Gasteiger partial charge is 0.119 e. The molecule has 1 unspecified atom stereocenters. The highest BCUT2D eigenvalue weighted by atomic mass is 16.5. The predicted molar refractivity (Wildman–Crippen MR) is 91.0 cm³/mol. The summed E-state index contributed by atoms with van der Waals surface area (Å²) in [4.78, 5) is 2.55. The van der Waals surface area contributed by atoms with E-state index in [4.69, 9.17) is 4.74 Å². The zero-order chi connectivity index (χ0) is 15.7. The molecule has 0 fully saturated rings. The van der Waals surface area contributed by atoms with E-state index in [0.717, 1.165) is 31.8 Å². The molecular formula is C18H32N2O. The van der Waals surface area contributed by atoms with Crippen molar-refractivity contribution in [1.29, 1.82) is 0 Å². The van der Waals surface area contributed by atoms with Crippen molar-refractivity contribution in [1.82, 2.24) is 10.2 Å². The lowest BCUT2D eigenvalue weighted by molar-refractivity contribution is 0.197. The van der Waals surface area contributed by atoms with Gasteiger partial charge in [0.25, 0.3) is 0 Å². The molecule has 0 saturated heterocycles. The van der Waals surface area contributed by atoms with Gasteiger partial charge in [-0.3, -0.25) is 4.90 Å². The maximum absolute atomic E-state index is 5.37. The minimum atomic E-state index is 0.356. The minimum Gasteiger partial charge on any atom is -0.497 e. The van der Waals surface area contributed by atoms with Gasteiger partial charge in [-0.25, -0.2) is 0 Å². The highest BCUT2D eigenvalue weighted by molar-refractivity contribution is 5.30. The SMILES string of the molecule is CCCNC(CN(CCC)C(C)C)c1cccc(OC)c1. The molecule has 0 aliphatic rings. The van der Waals surface area contributed by atoms with Gasteiger partial charge >= 0.3 is 0 Å². The molecule has 0 aromatic heterocycles. The first-order chi connectivity index (χ1) is 10.1. The fraction of sp³-hybridized carbons (Fsp3) is 0.667. The van der Waals surface area contributed by atoms with Crippen LogP contribution in [0.3, 0.4) is 0 Å². The van der Waals surface area contributed by atoms with E-state index in [0.29, 0.717) is 12.1 Å². The molecule has 1 N–H and O–H groups in total. The van der Waals surface area contributed by atoms with Crippen molar-refractivity contribution >= 4 is 0 Å². The Labute approximate surface area is 130 Å². The summed E-state index contributed by atoms with van der Waals surface area (Å²) in [6.07, 6.45) is 2.34. The Morgan fingerprint density at radius 1 is 1.19 bits per heavy atom. The molecule has 0 spiro atoms. The van der Waals surface area contributed by atoms with Crippen molar-refractivity contribution in [3.05, 3.63) is 29.8 Å². The topological polar surface area (TPSA) is 24.5 Å². The summed E-state index contributed by atoms with van der Waals surface area (Å²) in [5, 5.41) is 3.68. The summed E-state index contributed by atoms with van der Waals surface area (Å²) in [7, 11) is 1.73. The molecule has 120 valence electrons. The second-order valence-corrected chi connectivity index (χ2v) is 5.87. The van der Waals surface area contributed by atoms with Crippen LogP contribution in [0.15, 0.2) is 24.3 Å². The zero-order valence-corrected chi connectivity index (χ0v) is 14.4. The van der Waals surface area contributed by atoms with Crippen LogP contribution in [0.25, 0.3) is 0 Å². The molecule has 0 amide bonds. The third-order valence-electron chi connectivity index (χ3n) is 3.80. The fourth-order valence-electron chi connectivity index (χ4n) is 2.55. The van der Waals surface area contributed by atoms with E-state index in [1.807, 2.05) is 6.07 Å². The molecule has 1 atom stereocenters. The van der Waals surface area contributed by atoms with Crippen LogP contribution < -0.4 is 10.1 Å². The van der Waals surface area contributed by atoms with Gasteiger partial charge in [0.05, 0.1) is 7.11 Å². The van der Waals surface area contributed by atoms with Crippen LogP contribution in [-0.2, 0) is 0 Å². The molecule has 0 aliphatic heterocycles. The number of nitrogens with zero attached hydrogens (tertiary/aromatic N) is 1. The molecule has 3 nitrogen and oxygen atoms in total. The number of hydrogen-bond acceptors (Lipinski definition) is 3. The predicted octanol–water partition coefficient (Wildman–Crippen LogP) is 3.86. The Morgan fingerprint density at radius 2 is 1.95 bits per heavy atom. The van der Waals surface area contributed by atoms with Crippen molar-refractivity contribution in [2.24, 2.45) is 0 Å². The number of rotatable bonds is 10. The molecule has 21 heavy (non-hydrogen) atoms. The Balaban J connectivity index is 2.87. The Morgan fingerprint density at radius 3 is 2.52 bits per heavy atom. The normalized spacial score (nSPS) is 12.9. The Hall–Kier alpha value is -1.06. The maximum Gasteiger partial charge on any atom is 0.119 e. The molecule has 1 aromatic rings. The fourth-order valence-corrected chi connectivity index (χ4v) is 2.55. The molecular weight excluding hydrogens is 260 g/mol. The lowest BCUT2D eigenvalue weighted by Gasteiger charge is -2.31. The molecule has 0 saturated carbocycles. The lowest BCUT2D eigenvalue weighted by atomic mass is 10.0. The molecule has 0 heterocycles. The van der Waals surface area contributed by atoms with Crippen LogP contribution in [0.1, 0.15) is 52.1 Å². The second-order valence-electron chi connectivity index (χ2n) is 5.87. The van der Waals surface area contributed by atoms with Gasteiger partial charge in [-0.15, -0.1) is 0 Å². The van der Waals surface area contributed by atoms with E-state index in [-0.39, 0.29) is 0 Å². The second kappa shape index (κ2) is 9.80. The van der Waals surface area contributed by atoms with Gasteiger partial charge in [0, 0.05) is 18.6 Å². The van der Waals surface area contributed by atoms with Gasteiger partial charge < -0.3 is 10.1 Å². The number of ether oxygens (including phenoxy) is 1. The first kappa shape index (κ1) is 18.0. The number of methoxy groups -OCH3 is 1. The van der Waals surface area contributed by atoms with Gasteiger partial charge in [0.2, 0.25) is 0 Å². The third kappa shape index (κ3) is 6.06. The van der Waals surface area contributed by atoms with E-state index in [9.17, 15) is 0 Å². The first-order valence-corrected chi connectivity index (χ1v) is 8.23. The van der Waals surface area contributed by atoms with E-state index in [1.54, 1.807) is 7.11 Å². The average Bonchev–Trinajstić information content (AvgIpc) is 2.50. The van der Waals surface area contributed by atoms with Crippen LogP contribution >= 0.6 is 0 Å². The van der Waals surface area contributed by atoms with Gasteiger partial charge in [0.15, 0.2) is 0 Å². The van der Waals surface area contributed by atoms with Crippen molar-refractivity contribution in [3.8, 4) is 5.75 Å². The summed E-state index contributed by atoms with van der Waals surface area (Å²) in [6, 6.07) is 9.36. The van der Waals surface area contributed by atoms with Crippen LogP contribution in [0.5, 0.6) is 5.75 Å². The number of hydrogen-bond donors (Lipinski definition) is 1. The summed E-state index contributed by atoms with van der Waals surface area (Å²) >= 11 is 0. The quantitative estimate of drug-likeness (QED) is 0.709. The van der Waals surface area contributed by atoms with E-state index < -0.39 is 0 Å². The summed E-state index contributed by atoms with van der Waals surface area (Å²) in [6.45, 7) is 12.2. The van der Waals surface area contributed by atoms with E-state index >= 15 is 0 Å². The lowest BCUT2D eigenvalue weighted by Crippen LogP contribution is -2.39. The average molecular weight is 292 g/mol. The third-order valence-corrected chi connectivity index (χ3v) is 3.80. The molecule has 0 bridgehead atoms. The van der Waals surface area contributed by atoms with Crippen LogP contribution in [0.4, 0.5) is 0 Å². The maximum atomic E-state index is 5.37. The largest absolute Gasteiger partial charge is 0.497 e. The van der Waals surface area contributed by atoms with Crippen LogP contribution in [0, 0.1) is 0 Å². The Bertz CT molecular complexity index is 393. The van der Waals surface area contributed by atoms with Crippen molar-refractivity contribution in [3.63, 3.8) is 0 Å². The zero-order valence-electron chi connectivity index (χ0n) is 14.4. The highest BCUT2D eigenvalue weighted by Crippen LogP contribution is 2.21. The Kier molecular flexibility index (Phi) is 8.40. The minimum absolute atomic E-state index is 0.356. The van der Waals surface area contributed by atoms with Crippen molar-refractivity contribution in [2.45, 2.75) is 52.6 Å². The van der Waals surface area contributed by atoms with Gasteiger partial charge in [-0.1, -0.05) is 26.0 Å². The monoisotopic (exact) mass is 292 g/mol. The van der Waals surface area contributed by atoms with Gasteiger partial charge in [0.1, 0.15) is 5.75 Å². The standard InChI is InChI=1S/C18H32N2O/c1-6-11-19-18(14-20(12-7-2)15(3)4)16-9-8-10-17(13-16)21-5/h8-10,13,15,18-19H,6-7,11-12,14H2,1-5H3. The number of nitrogens with one attached hydrogen (secondary N) is 1. The van der Waals surface area contributed by atoms with Gasteiger partial charge in [-0.2, -0.15) is 0 Å². The molecule has 3 heteroatoms. The molecule has 0 radical (unpaired) electrons. The summed E-state index contributed by atoms with van der Waals surface area (Å²) in [5.74, 6) is 0.933. The molecule has 1 rings (SSSR count). The van der Waals surface area contributed by atoms with Crippen molar-refractivity contribution < 1.29 is 4.74 Å². The first-order valence-electron chi connectivity index (χ1n) is 8.23. The van der Waals surface area contributed by atoms with Crippen LogP contribution in [-0.4, -0.2) is 37.7 Å². The highest BCUT2D eigenvalue weighted by Gasteiger charge is 2.17. The molecule has 1 aromatic carbocycles.